The molecule has 0 N–H and O–H groups in total. The maximum Gasteiger partial charge on any atom is 0.205 e. The van der Waals surface area contributed by atoms with E-state index in [1.165, 1.54) is 37.2 Å². The summed E-state index contributed by atoms with van der Waals surface area (Å²) in [5.41, 5.74) is 0. The molecule has 6 heteroatoms. The van der Waals surface area contributed by atoms with Crippen LogP contribution in [-0.2, 0) is 4.74 Å². The second-order valence-electron chi connectivity index (χ2n) is 5.98. The van der Waals surface area contributed by atoms with Gasteiger partial charge in [-0.3, -0.25) is 4.90 Å². The van der Waals surface area contributed by atoms with Crippen LogP contribution >= 0.6 is 11.5 Å². The Hall–Kier alpha value is -0.720. The Labute approximate surface area is 125 Å². The molecule has 0 aromatic carbocycles. The van der Waals surface area contributed by atoms with Crippen molar-refractivity contribution < 1.29 is 4.74 Å². The molecule has 112 valence electrons. The lowest BCUT2D eigenvalue weighted by Crippen LogP contribution is -2.50. The highest BCUT2D eigenvalue weighted by molar-refractivity contribution is 7.09. The van der Waals surface area contributed by atoms with E-state index in [-0.39, 0.29) is 0 Å². The Morgan fingerprint density at radius 2 is 2.05 bits per heavy atom. The van der Waals surface area contributed by atoms with Crippen molar-refractivity contribution in [3.63, 3.8) is 0 Å². The SMILES string of the molecule is COCCN1C2CCC1CC(N(C)c1nc(C)ns1)C2. The van der Waals surface area contributed by atoms with Crippen molar-refractivity contribution in [2.75, 3.05) is 32.2 Å². The largest absolute Gasteiger partial charge is 0.383 e. The second-order valence-corrected chi connectivity index (χ2v) is 6.71. The number of ether oxygens (including phenoxy) is 1. The van der Waals surface area contributed by atoms with Crippen LogP contribution in [0.25, 0.3) is 0 Å². The maximum atomic E-state index is 5.25. The fourth-order valence-corrected chi connectivity index (χ4v) is 4.41. The van der Waals surface area contributed by atoms with Gasteiger partial charge in [-0.25, -0.2) is 4.98 Å². The van der Waals surface area contributed by atoms with Crippen molar-refractivity contribution in [2.24, 2.45) is 0 Å². The summed E-state index contributed by atoms with van der Waals surface area (Å²) in [5.74, 6) is 0.886. The topological polar surface area (TPSA) is 41.5 Å². The van der Waals surface area contributed by atoms with Crippen molar-refractivity contribution in [2.45, 2.75) is 50.7 Å². The van der Waals surface area contributed by atoms with Gasteiger partial charge in [-0.1, -0.05) is 0 Å². The number of hydrogen-bond donors (Lipinski definition) is 0. The molecule has 5 nitrogen and oxygen atoms in total. The Morgan fingerprint density at radius 1 is 1.35 bits per heavy atom. The molecule has 2 aliphatic heterocycles. The number of anilines is 1. The standard InChI is InChI=1S/C14H24N4OS/c1-10-15-14(20-16-10)17(2)13-8-11-4-5-12(9-13)18(11)6-7-19-3/h11-13H,4-9H2,1-3H3. The number of hydrogen-bond acceptors (Lipinski definition) is 6. The molecule has 2 atom stereocenters. The van der Waals surface area contributed by atoms with Gasteiger partial charge in [0.15, 0.2) is 0 Å². The highest BCUT2D eigenvalue weighted by Gasteiger charge is 2.41. The minimum absolute atomic E-state index is 0.610. The molecule has 2 saturated heterocycles. The zero-order valence-corrected chi connectivity index (χ0v) is 13.4. The summed E-state index contributed by atoms with van der Waals surface area (Å²) in [5, 5.41) is 1.07. The molecule has 1 aromatic rings. The van der Waals surface area contributed by atoms with Crippen LogP contribution in [0.3, 0.4) is 0 Å². The first-order valence-electron chi connectivity index (χ1n) is 7.47. The van der Waals surface area contributed by atoms with Crippen LogP contribution in [-0.4, -0.2) is 59.7 Å². The number of nitrogens with zero attached hydrogens (tertiary/aromatic N) is 4. The number of rotatable bonds is 5. The van der Waals surface area contributed by atoms with Gasteiger partial charge in [0, 0.05) is 50.4 Å². The molecule has 0 amide bonds. The smallest absolute Gasteiger partial charge is 0.205 e. The second kappa shape index (κ2) is 5.95. The molecule has 2 bridgehead atoms. The summed E-state index contributed by atoms with van der Waals surface area (Å²) < 4.78 is 9.55. The molecule has 20 heavy (non-hydrogen) atoms. The van der Waals surface area contributed by atoms with E-state index in [1.807, 2.05) is 6.92 Å². The summed E-state index contributed by atoms with van der Waals surface area (Å²) in [7, 11) is 3.97. The number of fused-ring (bicyclic) bond motifs is 2. The van der Waals surface area contributed by atoms with Crippen LogP contribution in [0.4, 0.5) is 5.13 Å². The minimum atomic E-state index is 0.610. The lowest BCUT2D eigenvalue weighted by molar-refractivity contribution is 0.0831. The van der Waals surface area contributed by atoms with E-state index in [0.717, 1.165) is 36.2 Å². The number of aromatic nitrogens is 2. The van der Waals surface area contributed by atoms with Crippen LogP contribution in [0.15, 0.2) is 0 Å². The molecule has 3 heterocycles. The van der Waals surface area contributed by atoms with Crippen molar-refractivity contribution >= 4 is 16.7 Å². The summed E-state index contributed by atoms with van der Waals surface area (Å²) in [6.07, 6.45) is 5.17. The Morgan fingerprint density at radius 3 is 2.60 bits per heavy atom. The third-order valence-electron chi connectivity index (χ3n) is 4.78. The fraction of sp³-hybridized carbons (Fsp3) is 0.857. The first-order chi connectivity index (χ1) is 9.69. The zero-order valence-electron chi connectivity index (χ0n) is 12.6. The fourth-order valence-electron chi connectivity index (χ4n) is 3.71. The van der Waals surface area contributed by atoms with Gasteiger partial charge in [0.1, 0.15) is 5.82 Å². The summed E-state index contributed by atoms with van der Waals surface area (Å²) in [4.78, 5) is 9.54. The van der Waals surface area contributed by atoms with E-state index in [4.69, 9.17) is 4.74 Å². The molecule has 0 radical (unpaired) electrons. The first kappa shape index (κ1) is 14.2. The van der Waals surface area contributed by atoms with Crippen LogP contribution in [0, 0.1) is 6.92 Å². The van der Waals surface area contributed by atoms with Crippen LogP contribution < -0.4 is 4.90 Å². The Bertz CT molecular complexity index is 438. The van der Waals surface area contributed by atoms with Gasteiger partial charge < -0.3 is 9.64 Å². The van der Waals surface area contributed by atoms with Gasteiger partial charge >= 0.3 is 0 Å². The molecule has 2 unspecified atom stereocenters. The molecule has 3 rings (SSSR count). The molecular formula is C14H24N4OS. The van der Waals surface area contributed by atoms with Crippen molar-refractivity contribution in [3.8, 4) is 0 Å². The van der Waals surface area contributed by atoms with Gasteiger partial charge in [0.05, 0.1) is 6.61 Å². The highest BCUT2D eigenvalue weighted by atomic mass is 32.1. The average molecular weight is 296 g/mol. The summed E-state index contributed by atoms with van der Waals surface area (Å²) in [6, 6.07) is 2.06. The van der Waals surface area contributed by atoms with E-state index >= 15 is 0 Å². The third kappa shape index (κ3) is 2.69. The van der Waals surface area contributed by atoms with Crippen LogP contribution in [0.2, 0.25) is 0 Å². The maximum absolute atomic E-state index is 5.25. The first-order valence-corrected chi connectivity index (χ1v) is 8.24. The van der Waals surface area contributed by atoms with Gasteiger partial charge in [-0.2, -0.15) is 4.37 Å². The zero-order chi connectivity index (χ0) is 14.1. The van der Waals surface area contributed by atoms with E-state index in [9.17, 15) is 0 Å². The average Bonchev–Trinajstić information content (AvgIpc) is 2.96. The lowest BCUT2D eigenvalue weighted by atomic mass is 9.96. The molecule has 2 aliphatic rings. The van der Waals surface area contributed by atoms with E-state index < -0.39 is 0 Å². The van der Waals surface area contributed by atoms with Gasteiger partial charge in [-0.05, 0) is 32.6 Å². The van der Waals surface area contributed by atoms with Gasteiger partial charge in [0.2, 0.25) is 5.13 Å². The monoisotopic (exact) mass is 296 g/mol. The number of piperidine rings is 1. The highest BCUT2D eigenvalue weighted by Crippen LogP contribution is 2.38. The predicted octanol–water partition coefficient (Wildman–Crippen LogP) is 1.92. The molecular weight excluding hydrogens is 272 g/mol. The van der Waals surface area contributed by atoms with Crippen LogP contribution in [0.5, 0.6) is 0 Å². The third-order valence-corrected chi connectivity index (χ3v) is 5.68. The molecule has 1 aromatic heterocycles. The number of aryl methyl sites for hydroxylation is 1. The lowest BCUT2D eigenvalue weighted by Gasteiger charge is -2.42. The van der Waals surface area contributed by atoms with Crippen LogP contribution in [0.1, 0.15) is 31.5 Å². The minimum Gasteiger partial charge on any atom is -0.383 e. The molecule has 0 saturated carbocycles. The quantitative estimate of drug-likeness (QED) is 0.830. The molecule has 0 spiro atoms. The summed E-state index contributed by atoms with van der Waals surface area (Å²) >= 11 is 1.52. The van der Waals surface area contributed by atoms with Crippen molar-refractivity contribution in [1.29, 1.82) is 0 Å². The Balaban J connectivity index is 1.64. The van der Waals surface area contributed by atoms with E-state index in [0.29, 0.717) is 6.04 Å². The molecule has 0 aliphatic carbocycles. The van der Waals surface area contributed by atoms with E-state index in [2.05, 4.69) is 26.2 Å². The predicted molar refractivity (Wildman–Crippen MR) is 81.5 cm³/mol. The van der Waals surface area contributed by atoms with E-state index in [1.54, 1.807) is 7.11 Å². The van der Waals surface area contributed by atoms with Gasteiger partial charge in [0.25, 0.3) is 0 Å². The summed E-state index contributed by atoms with van der Waals surface area (Å²) in [6.45, 7) is 3.90. The molecule has 2 fully saturated rings. The van der Waals surface area contributed by atoms with Crippen molar-refractivity contribution in [3.05, 3.63) is 5.82 Å². The Kier molecular flexibility index (Phi) is 4.23. The van der Waals surface area contributed by atoms with Gasteiger partial charge in [-0.15, -0.1) is 0 Å². The van der Waals surface area contributed by atoms with Crippen molar-refractivity contribution in [1.82, 2.24) is 14.3 Å². The number of methoxy groups -OCH3 is 1. The normalized spacial score (nSPS) is 29.9.